The second-order valence-electron chi connectivity index (χ2n) is 7.73. The molecule has 34 heavy (non-hydrogen) atoms. The molecule has 1 amide bonds. The number of aryl methyl sites for hydroxylation is 1. The van der Waals surface area contributed by atoms with Crippen molar-refractivity contribution in [3.63, 3.8) is 0 Å². The molecule has 1 aliphatic heterocycles. The van der Waals surface area contributed by atoms with E-state index in [1.807, 2.05) is 43.3 Å². The highest BCUT2D eigenvalue weighted by atomic mass is 127. The molecule has 0 spiro atoms. The van der Waals surface area contributed by atoms with Gasteiger partial charge in [-0.15, -0.1) is 0 Å². The Labute approximate surface area is 218 Å². The predicted octanol–water partition coefficient (Wildman–Crippen LogP) is 6.43. The summed E-state index contributed by atoms with van der Waals surface area (Å²) in [7, 11) is 0. The van der Waals surface area contributed by atoms with E-state index in [2.05, 4.69) is 76.5 Å². The zero-order valence-corrected chi connectivity index (χ0v) is 22.1. The maximum atomic E-state index is 12.5. The van der Waals surface area contributed by atoms with Crippen LogP contribution in [-0.4, -0.2) is 18.0 Å². The molecule has 7 heteroatoms. The molecule has 0 saturated carbocycles. The number of benzene rings is 3. The zero-order chi connectivity index (χ0) is 23.9. The lowest BCUT2D eigenvalue weighted by atomic mass is 10.1. The van der Waals surface area contributed by atoms with Crippen LogP contribution in [0.1, 0.15) is 30.5 Å². The van der Waals surface area contributed by atoms with Gasteiger partial charge >= 0.3 is 0 Å². The number of carbonyl (C=O) groups is 1. The maximum absolute atomic E-state index is 12.5. The summed E-state index contributed by atoms with van der Waals surface area (Å²) in [6.45, 7) is 5.06. The first-order valence-electron chi connectivity index (χ1n) is 11.2. The Kier molecular flexibility index (Phi) is 8.39. The summed E-state index contributed by atoms with van der Waals surface area (Å²) in [6, 6.07) is 22.2. The third kappa shape index (κ3) is 6.48. The molecule has 5 nitrogen and oxygen atoms in total. The molecule has 0 aromatic heterocycles. The van der Waals surface area contributed by atoms with Gasteiger partial charge in [0.15, 0.2) is 17.0 Å². The lowest BCUT2D eigenvalue weighted by Gasteiger charge is -2.13. The summed E-state index contributed by atoms with van der Waals surface area (Å²) < 4.78 is 13.0. The van der Waals surface area contributed by atoms with E-state index in [9.17, 15) is 4.79 Å². The molecule has 1 heterocycles. The Morgan fingerprint density at radius 2 is 1.71 bits per heavy atom. The molecular formula is C27H27IN2O3S. The first-order valence-corrected chi connectivity index (χ1v) is 13.2. The molecule has 1 fully saturated rings. The molecular weight excluding hydrogens is 559 g/mol. The van der Waals surface area contributed by atoms with Crippen molar-refractivity contribution in [3.05, 3.63) is 91.9 Å². The van der Waals surface area contributed by atoms with Crippen molar-refractivity contribution in [2.75, 3.05) is 11.9 Å². The van der Waals surface area contributed by atoms with Crippen LogP contribution >= 0.6 is 34.4 Å². The molecule has 0 bridgehead atoms. The van der Waals surface area contributed by atoms with E-state index in [1.165, 1.54) is 20.9 Å². The van der Waals surface area contributed by atoms with Gasteiger partial charge in [-0.25, -0.2) is 0 Å². The van der Waals surface area contributed by atoms with Gasteiger partial charge in [-0.3, -0.25) is 4.79 Å². The van der Waals surface area contributed by atoms with Crippen molar-refractivity contribution in [3.8, 4) is 11.5 Å². The number of carbonyl (C=O) groups excluding carboxylic acids is 1. The molecule has 0 radical (unpaired) electrons. The van der Waals surface area contributed by atoms with Gasteiger partial charge in [0.1, 0.15) is 6.61 Å². The number of nitrogens with one attached hydrogen (secondary N) is 2. The molecule has 2 N–H and O–H groups in total. The Morgan fingerprint density at radius 3 is 2.41 bits per heavy atom. The fourth-order valence-electron chi connectivity index (χ4n) is 3.45. The van der Waals surface area contributed by atoms with E-state index in [-0.39, 0.29) is 11.4 Å². The van der Waals surface area contributed by atoms with E-state index in [0.717, 1.165) is 23.2 Å². The molecule has 4 rings (SSSR count). The summed E-state index contributed by atoms with van der Waals surface area (Å²) >= 11 is 3.75. The third-order valence-corrected chi connectivity index (χ3v) is 7.01. The van der Waals surface area contributed by atoms with Gasteiger partial charge in [-0.05, 0) is 95.1 Å². The van der Waals surface area contributed by atoms with Gasteiger partial charge in [-0.2, -0.15) is 0 Å². The number of hydrogen-bond donors (Lipinski definition) is 2. The summed E-state index contributed by atoms with van der Waals surface area (Å²) in [5.74, 6) is 1.25. The van der Waals surface area contributed by atoms with Crippen LogP contribution in [0.3, 0.4) is 0 Å². The van der Waals surface area contributed by atoms with E-state index >= 15 is 0 Å². The van der Waals surface area contributed by atoms with Crippen molar-refractivity contribution < 1.29 is 14.3 Å². The molecule has 3 aromatic rings. The normalized spacial score (nSPS) is 16.4. The molecule has 1 atom stereocenters. The molecule has 1 saturated heterocycles. The first-order chi connectivity index (χ1) is 16.5. The largest absolute Gasteiger partial charge is 0.490 e. The predicted molar refractivity (Wildman–Crippen MR) is 148 cm³/mol. The Hall–Kier alpha value is -2.65. The monoisotopic (exact) mass is 586 g/mol. The lowest BCUT2D eigenvalue weighted by Crippen LogP contribution is -2.30. The van der Waals surface area contributed by atoms with Gasteiger partial charge in [-0.1, -0.05) is 49.0 Å². The average molecular weight is 586 g/mol. The number of rotatable bonds is 9. The van der Waals surface area contributed by atoms with Crippen LogP contribution in [0.25, 0.3) is 6.08 Å². The molecule has 0 aliphatic carbocycles. The number of amides is 1. The van der Waals surface area contributed by atoms with E-state index < -0.39 is 0 Å². The zero-order valence-electron chi connectivity index (χ0n) is 19.1. The van der Waals surface area contributed by atoms with Crippen molar-refractivity contribution in [1.29, 1.82) is 0 Å². The van der Waals surface area contributed by atoms with Crippen LogP contribution in [0.15, 0.2) is 71.6 Å². The van der Waals surface area contributed by atoms with Crippen LogP contribution in [-0.2, 0) is 17.8 Å². The topological polar surface area (TPSA) is 59.6 Å². The maximum Gasteiger partial charge on any atom is 0.260 e. The van der Waals surface area contributed by atoms with Crippen LogP contribution in [0.5, 0.6) is 11.5 Å². The number of thioether (sulfide) groups is 1. The Balaban J connectivity index is 1.44. The van der Waals surface area contributed by atoms with Gasteiger partial charge in [0.25, 0.3) is 5.91 Å². The second-order valence-corrected chi connectivity index (χ2v) is 10.1. The van der Waals surface area contributed by atoms with Crippen LogP contribution < -0.4 is 20.1 Å². The minimum atomic E-state index is -0.214. The molecule has 1 aliphatic rings. The summed E-state index contributed by atoms with van der Waals surface area (Å²) in [6.07, 6.45) is 2.88. The number of ether oxygens (including phenoxy) is 2. The average Bonchev–Trinajstić information content (AvgIpc) is 3.18. The molecule has 3 aromatic carbocycles. The molecule has 176 valence electrons. The van der Waals surface area contributed by atoms with Crippen LogP contribution in [0, 0.1) is 3.57 Å². The third-order valence-electron chi connectivity index (χ3n) is 5.26. The highest BCUT2D eigenvalue weighted by molar-refractivity contribution is 14.1. The van der Waals surface area contributed by atoms with Crippen molar-refractivity contribution in [1.82, 2.24) is 5.32 Å². The smallest absolute Gasteiger partial charge is 0.260 e. The summed E-state index contributed by atoms with van der Waals surface area (Å²) in [4.78, 5) is 13.2. The van der Waals surface area contributed by atoms with Crippen molar-refractivity contribution in [2.45, 2.75) is 32.4 Å². The standard InChI is InChI=1S/C27H27IN2O3S/c1-3-18-7-12-22(13-8-18)29-27-30-26(31)25(34-27)16-20-9-14-23(24(15-20)32-4-2)33-17-19-5-10-21(28)11-6-19/h5-16,27,29H,3-4,17H2,1-2H3,(H,30,31)/b25-16-/t27-/m1/s1. The minimum absolute atomic E-state index is 0.0929. The highest BCUT2D eigenvalue weighted by Crippen LogP contribution is 2.34. The number of anilines is 1. The van der Waals surface area contributed by atoms with Crippen molar-refractivity contribution >= 4 is 52.0 Å². The first kappa shape index (κ1) is 24.5. The number of halogens is 1. The highest BCUT2D eigenvalue weighted by Gasteiger charge is 2.27. The fraction of sp³-hybridized carbons (Fsp3) is 0.222. The van der Waals surface area contributed by atoms with Gasteiger partial charge in [0.2, 0.25) is 0 Å². The lowest BCUT2D eigenvalue weighted by molar-refractivity contribution is -0.116. The van der Waals surface area contributed by atoms with E-state index in [1.54, 1.807) is 0 Å². The van der Waals surface area contributed by atoms with E-state index in [0.29, 0.717) is 29.6 Å². The fourth-order valence-corrected chi connectivity index (χ4v) is 4.79. The Bertz CT molecular complexity index is 1160. The van der Waals surface area contributed by atoms with Gasteiger partial charge in [0, 0.05) is 9.26 Å². The van der Waals surface area contributed by atoms with Crippen LogP contribution in [0.2, 0.25) is 0 Å². The van der Waals surface area contributed by atoms with Crippen molar-refractivity contribution in [2.24, 2.45) is 0 Å². The molecule has 0 unspecified atom stereocenters. The van der Waals surface area contributed by atoms with Gasteiger partial charge in [0.05, 0.1) is 11.5 Å². The summed E-state index contributed by atoms with van der Waals surface area (Å²) in [5.41, 5.74) is 4.02. The van der Waals surface area contributed by atoms with Gasteiger partial charge < -0.3 is 20.1 Å². The number of hydrogen-bond acceptors (Lipinski definition) is 5. The van der Waals surface area contributed by atoms with Crippen LogP contribution in [0.4, 0.5) is 5.69 Å². The SMILES string of the molecule is CCOc1cc(/C=C2\S[C@H](Nc3ccc(CC)cc3)NC2=O)ccc1OCc1ccc(I)cc1. The summed E-state index contributed by atoms with van der Waals surface area (Å²) in [5, 5.41) is 6.34. The Morgan fingerprint density at radius 1 is 0.971 bits per heavy atom. The second kappa shape index (κ2) is 11.7. The quantitative estimate of drug-likeness (QED) is 0.224. The minimum Gasteiger partial charge on any atom is -0.490 e. The van der Waals surface area contributed by atoms with E-state index in [4.69, 9.17) is 9.47 Å².